The van der Waals surface area contributed by atoms with E-state index < -0.39 is 0 Å². The van der Waals surface area contributed by atoms with Gasteiger partial charge in [-0.2, -0.15) is 0 Å². The van der Waals surface area contributed by atoms with Gasteiger partial charge in [-0.3, -0.25) is 13.5 Å². The van der Waals surface area contributed by atoms with E-state index in [9.17, 15) is 9.59 Å². The predicted octanol–water partition coefficient (Wildman–Crippen LogP) is 2.79. The third-order valence-electron chi connectivity index (χ3n) is 3.99. The average molecular weight is 376 g/mol. The standard InChI is InChI=1S/C16H16N4O3S2/c21-13(17-16-19-18-14(24-16)11-5-3-9-23-11)7-8-20-15(22)10-4-1-2-6-12(10)25-20/h1-2,4,6,11H,3,5,7-9H2,(H,17,19,21)/t11-/m1/s1. The van der Waals surface area contributed by atoms with Gasteiger partial charge in [0.1, 0.15) is 11.1 Å². The minimum Gasteiger partial charge on any atom is -0.371 e. The lowest BCUT2D eigenvalue weighted by Crippen LogP contribution is -2.18. The van der Waals surface area contributed by atoms with Gasteiger partial charge in [-0.25, -0.2) is 0 Å². The van der Waals surface area contributed by atoms with Gasteiger partial charge in [0.15, 0.2) is 0 Å². The first-order chi connectivity index (χ1) is 12.2. The molecule has 0 spiro atoms. The summed E-state index contributed by atoms with van der Waals surface area (Å²) in [6, 6.07) is 7.45. The molecule has 3 heterocycles. The van der Waals surface area contributed by atoms with E-state index in [4.69, 9.17) is 4.74 Å². The summed E-state index contributed by atoms with van der Waals surface area (Å²) in [5.74, 6) is -0.181. The Hall–Kier alpha value is -2.10. The zero-order valence-corrected chi connectivity index (χ0v) is 14.9. The van der Waals surface area contributed by atoms with Gasteiger partial charge in [0.05, 0.1) is 10.1 Å². The van der Waals surface area contributed by atoms with Crippen molar-refractivity contribution in [2.75, 3.05) is 11.9 Å². The predicted molar refractivity (Wildman–Crippen MR) is 97.2 cm³/mol. The van der Waals surface area contributed by atoms with Crippen LogP contribution in [0.1, 0.15) is 30.4 Å². The lowest BCUT2D eigenvalue weighted by molar-refractivity contribution is -0.116. The van der Waals surface area contributed by atoms with E-state index in [1.165, 1.54) is 22.9 Å². The molecule has 1 amide bonds. The Kier molecular flexibility index (Phi) is 4.60. The van der Waals surface area contributed by atoms with Crippen molar-refractivity contribution in [2.45, 2.75) is 31.9 Å². The van der Waals surface area contributed by atoms with Gasteiger partial charge >= 0.3 is 0 Å². The summed E-state index contributed by atoms with van der Waals surface area (Å²) >= 11 is 2.72. The molecule has 0 saturated carbocycles. The van der Waals surface area contributed by atoms with Crippen molar-refractivity contribution in [2.24, 2.45) is 0 Å². The molecule has 2 aromatic heterocycles. The molecule has 1 N–H and O–H groups in total. The molecule has 0 aliphatic carbocycles. The van der Waals surface area contributed by atoms with Crippen LogP contribution in [0.3, 0.4) is 0 Å². The number of hydrogen-bond donors (Lipinski definition) is 1. The highest BCUT2D eigenvalue weighted by molar-refractivity contribution is 7.15. The fourth-order valence-corrected chi connectivity index (χ4v) is 4.58. The van der Waals surface area contributed by atoms with Gasteiger partial charge in [-0.05, 0) is 25.0 Å². The number of carbonyl (C=O) groups is 1. The Bertz CT molecular complexity index is 956. The van der Waals surface area contributed by atoms with Crippen molar-refractivity contribution >= 4 is 44.0 Å². The molecule has 4 rings (SSSR count). The van der Waals surface area contributed by atoms with Crippen LogP contribution >= 0.6 is 22.9 Å². The van der Waals surface area contributed by atoms with Crippen molar-refractivity contribution in [1.82, 2.24) is 14.2 Å². The Balaban J connectivity index is 1.37. The number of aryl methyl sites for hydroxylation is 1. The SMILES string of the molecule is O=C(CCn1sc2ccccc2c1=O)Nc1nnc([C@H]2CCCO2)s1. The molecule has 1 atom stereocenters. The summed E-state index contributed by atoms with van der Waals surface area (Å²) in [6.07, 6.45) is 2.18. The van der Waals surface area contributed by atoms with Crippen LogP contribution in [0, 0.1) is 0 Å². The first-order valence-electron chi connectivity index (χ1n) is 8.04. The molecule has 1 aromatic carbocycles. The number of anilines is 1. The molecule has 9 heteroatoms. The van der Waals surface area contributed by atoms with E-state index in [1.807, 2.05) is 18.2 Å². The van der Waals surface area contributed by atoms with Gasteiger partial charge in [-0.1, -0.05) is 35.0 Å². The Labute approximate surface area is 151 Å². The van der Waals surface area contributed by atoms with Crippen LogP contribution in [0.4, 0.5) is 5.13 Å². The third kappa shape index (κ3) is 3.48. The summed E-state index contributed by atoms with van der Waals surface area (Å²) in [5.41, 5.74) is -0.0509. The fourth-order valence-electron chi connectivity index (χ4n) is 2.74. The van der Waals surface area contributed by atoms with Gasteiger partial charge in [-0.15, -0.1) is 10.2 Å². The molecule has 7 nitrogen and oxygen atoms in total. The lowest BCUT2D eigenvalue weighted by Gasteiger charge is -2.02. The number of amides is 1. The Morgan fingerprint density at radius 3 is 3.04 bits per heavy atom. The van der Waals surface area contributed by atoms with Crippen LogP contribution in [-0.2, 0) is 16.1 Å². The molecule has 1 saturated heterocycles. The fraction of sp³-hybridized carbons (Fsp3) is 0.375. The van der Waals surface area contributed by atoms with E-state index in [-0.39, 0.29) is 24.0 Å². The minimum atomic E-state index is -0.181. The summed E-state index contributed by atoms with van der Waals surface area (Å²) in [7, 11) is 0. The molecule has 25 heavy (non-hydrogen) atoms. The zero-order chi connectivity index (χ0) is 17.2. The molecule has 130 valence electrons. The number of nitrogens with one attached hydrogen (secondary N) is 1. The van der Waals surface area contributed by atoms with E-state index in [2.05, 4.69) is 15.5 Å². The largest absolute Gasteiger partial charge is 0.371 e. The van der Waals surface area contributed by atoms with E-state index in [0.717, 1.165) is 29.2 Å². The lowest BCUT2D eigenvalue weighted by atomic mass is 10.2. The van der Waals surface area contributed by atoms with Crippen molar-refractivity contribution in [3.63, 3.8) is 0 Å². The van der Waals surface area contributed by atoms with Crippen molar-refractivity contribution in [3.05, 3.63) is 39.6 Å². The van der Waals surface area contributed by atoms with Crippen LogP contribution < -0.4 is 10.9 Å². The number of nitrogens with zero attached hydrogens (tertiary/aromatic N) is 3. The Morgan fingerprint density at radius 1 is 1.36 bits per heavy atom. The van der Waals surface area contributed by atoms with Crippen molar-refractivity contribution in [1.29, 1.82) is 0 Å². The average Bonchev–Trinajstić information content (AvgIpc) is 3.34. The van der Waals surface area contributed by atoms with Crippen LogP contribution in [0.25, 0.3) is 10.1 Å². The first-order valence-corrected chi connectivity index (χ1v) is 9.63. The van der Waals surface area contributed by atoms with Gasteiger partial charge < -0.3 is 10.1 Å². The monoisotopic (exact) mass is 376 g/mol. The van der Waals surface area contributed by atoms with Gasteiger partial charge in [0.25, 0.3) is 5.56 Å². The Morgan fingerprint density at radius 2 is 2.24 bits per heavy atom. The highest BCUT2D eigenvalue weighted by Gasteiger charge is 2.22. The third-order valence-corrected chi connectivity index (χ3v) is 6.04. The van der Waals surface area contributed by atoms with Crippen LogP contribution in [0.15, 0.2) is 29.1 Å². The zero-order valence-electron chi connectivity index (χ0n) is 13.3. The molecule has 1 fully saturated rings. The second kappa shape index (κ2) is 7.03. The maximum absolute atomic E-state index is 12.3. The topological polar surface area (TPSA) is 86.1 Å². The van der Waals surface area contributed by atoms with Crippen molar-refractivity contribution < 1.29 is 9.53 Å². The number of benzene rings is 1. The summed E-state index contributed by atoms with van der Waals surface area (Å²) in [4.78, 5) is 24.4. The maximum atomic E-state index is 12.3. The highest BCUT2D eigenvalue weighted by Crippen LogP contribution is 2.31. The number of fused-ring (bicyclic) bond motifs is 1. The summed E-state index contributed by atoms with van der Waals surface area (Å²) in [6.45, 7) is 1.09. The number of aromatic nitrogens is 3. The number of rotatable bonds is 5. The van der Waals surface area contributed by atoms with Gasteiger partial charge in [0, 0.05) is 19.6 Å². The van der Waals surface area contributed by atoms with Crippen LogP contribution in [0.2, 0.25) is 0 Å². The smallest absolute Gasteiger partial charge is 0.268 e. The van der Waals surface area contributed by atoms with E-state index in [0.29, 0.717) is 17.1 Å². The molecular formula is C16H16N4O3S2. The molecule has 3 aromatic rings. The summed E-state index contributed by atoms with van der Waals surface area (Å²) < 4.78 is 8.11. The van der Waals surface area contributed by atoms with E-state index in [1.54, 1.807) is 10.0 Å². The van der Waals surface area contributed by atoms with Crippen LogP contribution in [-0.4, -0.2) is 26.7 Å². The second-order valence-corrected chi connectivity index (χ2v) is 7.81. The highest BCUT2D eigenvalue weighted by atomic mass is 32.1. The normalized spacial score (nSPS) is 17.2. The number of hydrogen-bond acceptors (Lipinski definition) is 7. The summed E-state index contributed by atoms with van der Waals surface area (Å²) in [5, 5.41) is 12.8. The molecular weight excluding hydrogens is 360 g/mol. The molecule has 0 radical (unpaired) electrons. The number of ether oxygens (including phenoxy) is 1. The number of carbonyl (C=O) groups excluding carboxylic acids is 1. The quantitative estimate of drug-likeness (QED) is 0.740. The first kappa shape index (κ1) is 16.4. The van der Waals surface area contributed by atoms with Gasteiger partial charge in [0.2, 0.25) is 11.0 Å². The maximum Gasteiger partial charge on any atom is 0.268 e. The molecule has 0 bridgehead atoms. The van der Waals surface area contributed by atoms with E-state index >= 15 is 0 Å². The molecule has 1 aliphatic heterocycles. The molecule has 0 unspecified atom stereocenters. The van der Waals surface area contributed by atoms with Crippen molar-refractivity contribution in [3.8, 4) is 0 Å². The molecule has 1 aliphatic rings. The second-order valence-electron chi connectivity index (χ2n) is 5.74. The minimum absolute atomic E-state index is 0.000257. The van der Waals surface area contributed by atoms with Crippen LogP contribution in [0.5, 0.6) is 0 Å².